The highest BCUT2D eigenvalue weighted by Crippen LogP contribution is 2.30. The summed E-state index contributed by atoms with van der Waals surface area (Å²) < 4.78 is 5.39. The summed E-state index contributed by atoms with van der Waals surface area (Å²) in [6, 6.07) is 2.99. The first-order valence-corrected chi connectivity index (χ1v) is 8.95. The molecule has 1 saturated heterocycles. The minimum Gasteiger partial charge on any atom is -0.482 e. The minimum atomic E-state index is -0.262. The first kappa shape index (κ1) is 16.8. The third-order valence-corrected chi connectivity index (χ3v) is 5.03. The molecule has 0 spiro atoms. The maximum Gasteiger partial charge on any atom is 0.289 e. The minimum absolute atomic E-state index is 0.119. The Balaban J connectivity index is 1.58. The van der Waals surface area contributed by atoms with Gasteiger partial charge in [0, 0.05) is 12.2 Å². The van der Waals surface area contributed by atoms with E-state index in [-0.39, 0.29) is 41.5 Å². The zero-order valence-corrected chi connectivity index (χ0v) is 14.0. The number of aromatic nitrogens is 1. The van der Waals surface area contributed by atoms with E-state index in [2.05, 4.69) is 10.3 Å². The van der Waals surface area contributed by atoms with Crippen LogP contribution >= 0.6 is 11.8 Å². The van der Waals surface area contributed by atoms with Crippen molar-refractivity contribution < 1.29 is 19.1 Å². The average Bonchev–Trinajstić information content (AvgIpc) is 2.93. The van der Waals surface area contributed by atoms with Gasteiger partial charge >= 0.3 is 0 Å². The molecule has 128 valence electrons. The molecular weight excluding hydrogens is 330 g/mol. The van der Waals surface area contributed by atoms with Crippen LogP contribution in [0.25, 0.3) is 0 Å². The van der Waals surface area contributed by atoms with E-state index in [4.69, 9.17) is 4.74 Å². The zero-order chi connectivity index (χ0) is 16.9. The third kappa shape index (κ3) is 3.87. The quantitative estimate of drug-likeness (QED) is 0.868. The number of nitrogens with zero attached hydrogens (tertiary/aromatic N) is 2. The Morgan fingerprint density at radius 2 is 2.21 bits per heavy atom. The molecule has 0 radical (unpaired) electrons. The largest absolute Gasteiger partial charge is 0.482 e. The van der Waals surface area contributed by atoms with Crippen molar-refractivity contribution in [1.82, 2.24) is 15.2 Å². The molecule has 1 saturated carbocycles. The molecule has 8 heteroatoms. The van der Waals surface area contributed by atoms with Gasteiger partial charge in [-0.25, -0.2) is 0 Å². The molecule has 1 N–H and O–H groups in total. The number of hydrogen-bond donors (Lipinski definition) is 1. The second-order valence-electron chi connectivity index (χ2n) is 5.82. The molecule has 0 aromatic carbocycles. The van der Waals surface area contributed by atoms with Crippen molar-refractivity contribution in [2.24, 2.45) is 0 Å². The van der Waals surface area contributed by atoms with Crippen molar-refractivity contribution >= 4 is 28.8 Å². The van der Waals surface area contributed by atoms with E-state index >= 15 is 0 Å². The van der Waals surface area contributed by atoms with Gasteiger partial charge in [0.25, 0.3) is 11.1 Å². The highest BCUT2D eigenvalue weighted by atomic mass is 32.2. The molecule has 1 aromatic heterocycles. The summed E-state index contributed by atoms with van der Waals surface area (Å²) in [6.45, 7) is -0.119. The van der Waals surface area contributed by atoms with Gasteiger partial charge in [-0.3, -0.25) is 24.3 Å². The van der Waals surface area contributed by atoms with Crippen molar-refractivity contribution in [3.05, 3.63) is 24.5 Å². The second kappa shape index (κ2) is 7.65. The fourth-order valence-electron chi connectivity index (χ4n) is 3.10. The smallest absolute Gasteiger partial charge is 0.289 e. The van der Waals surface area contributed by atoms with Crippen LogP contribution < -0.4 is 10.1 Å². The lowest BCUT2D eigenvalue weighted by molar-refractivity contribution is -0.129. The molecule has 1 aliphatic carbocycles. The lowest BCUT2D eigenvalue weighted by Crippen LogP contribution is -2.55. The van der Waals surface area contributed by atoms with Gasteiger partial charge in [0.1, 0.15) is 5.75 Å². The molecule has 24 heavy (non-hydrogen) atoms. The third-order valence-electron chi connectivity index (χ3n) is 4.20. The number of carbonyl (C=O) groups is 3. The average molecular weight is 349 g/mol. The molecule has 3 rings (SSSR count). The van der Waals surface area contributed by atoms with Crippen LogP contribution in [0, 0.1) is 0 Å². The molecule has 2 fully saturated rings. The molecule has 7 nitrogen and oxygen atoms in total. The van der Waals surface area contributed by atoms with Crippen LogP contribution in [-0.2, 0) is 9.59 Å². The predicted molar refractivity (Wildman–Crippen MR) is 88.6 cm³/mol. The van der Waals surface area contributed by atoms with Crippen LogP contribution in [0.4, 0.5) is 4.79 Å². The van der Waals surface area contributed by atoms with Gasteiger partial charge in [-0.05, 0) is 25.0 Å². The fourth-order valence-corrected chi connectivity index (χ4v) is 3.87. The summed E-state index contributed by atoms with van der Waals surface area (Å²) in [5.74, 6) is 0.291. The molecule has 1 aliphatic heterocycles. The Hall–Kier alpha value is -2.09. The van der Waals surface area contributed by atoms with E-state index < -0.39 is 0 Å². The number of hydrogen-bond acceptors (Lipinski definition) is 6. The van der Waals surface area contributed by atoms with Crippen LogP contribution in [0.1, 0.15) is 25.7 Å². The Bertz CT molecular complexity index is 609. The lowest BCUT2D eigenvalue weighted by atomic mass is 9.89. The number of amides is 3. The summed E-state index contributed by atoms with van der Waals surface area (Å²) in [5.41, 5.74) is 0. The Labute approximate surface area is 144 Å². The highest BCUT2D eigenvalue weighted by molar-refractivity contribution is 8.14. The summed E-state index contributed by atoms with van der Waals surface area (Å²) in [4.78, 5) is 41.3. The van der Waals surface area contributed by atoms with E-state index in [1.165, 1.54) is 11.1 Å². The van der Waals surface area contributed by atoms with E-state index in [9.17, 15) is 14.4 Å². The first-order valence-electron chi connectivity index (χ1n) is 7.96. The second-order valence-corrected chi connectivity index (χ2v) is 6.75. The summed E-state index contributed by atoms with van der Waals surface area (Å²) in [5, 5.41) is 2.71. The summed E-state index contributed by atoms with van der Waals surface area (Å²) >= 11 is 1.03. The molecule has 2 heterocycles. The predicted octanol–water partition coefficient (Wildman–Crippen LogP) is 1.58. The monoisotopic (exact) mass is 349 g/mol. The van der Waals surface area contributed by atoms with Crippen LogP contribution in [0.3, 0.4) is 0 Å². The maximum absolute atomic E-state index is 12.2. The van der Waals surface area contributed by atoms with E-state index in [1.54, 1.807) is 18.3 Å². The maximum atomic E-state index is 12.2. The normalized spacial score (nSPS) is 24.1. The lowest BCUT2D eigenvalue weighted by Gasteiger charge is -2.36. The number of ether oxygens (including phenoxy) is 1. The topological polar surface area (TPSA) is 88.6 Å². The van der Waals surface area contributed by atoms with Crippen LogP contribution in [0.2, 0.25) is 0 Å². The molecule has 3 amide bonds. The van der Waals surface area contributed by atoms with Gasteiger partial charge in [0.15, 0.2) is 6.61 Å². The number of thioether (sulfide) groups is 1. The molecule has 2 aliphatic rings. The molecule has 0 bridgehead atoms. The number of rotatable bonds is 5. The van der Waals surface area contributed by atoms with Crippen LogP contribution in [-0.4, -0.2) is 51.4 Å². The van der Waals surface area contributed by atoms with Crippen molar-refractivity contribution in [2.45, 2.75) is 37.8 Å². The van der Waals surface area contributed by atoms with Gasteiger partial charge in [-0.1, -0.05) is 24.6 Å². The molecule has 2 unspecified atom stereocenters. The SMILES string of the molecule is O=C(COc1cccnc1)NC1CCCCC1N1C(=O)CSC1=O. The van der Waals surface area contributed by atoms with E-state index in [1.807, 2.05) is 0 Å². The molecule has 1 aromatic rings. The van der Waals surface area contributed by atoms with Crippen molar-refractivity contribution in [1.29, 1.82) is 0 Å². The van der Waals surface area contributed by atoms with Gasteiger partial charge in [0.05, 0.1) is 18.0 Å². The first-order chi connectivity index (χ1) is 11.6. The van der Waals surface area contributed by atoms with Crippen LogP contribution in [0.5, 0.6) is 5.75 Å². The van der Waals surface area contributed by atoms with Crippen molar-refractivity contribution in [2.75, 3.05) is 12.4 Å². The number of carbonyl (C=O) groups excluding carboxylic acids is 3. The van der Waals surface area contributed by atoms with Gasteiger partial charge < -0.3 is 10.1 Å². The number of pyridine rings is 1. The summed E-state index contributed by atoms with van der Waals surface area (Å²) in [7, 11) is 0. The standard InChI is InChI=1S/C16H19N3O4S/c20-14(9-23-11-4-3-7-17-8-11)18-12-5-1-2-6-13(12)19-15(21)10-24-16(19)22/h3-4,7-8,12-13H,1-2,5-6,9-10H2,(H,18,20). The van der Waals surface area contributed by atoms with Gasteiger partial charge in [-0.2, -0.15) is 0 Å². The highest BCUT2D eigenvalue weighted by Gasteiger charge is 2.41. The van der Waals surface area contributed by atoms with E-state index in [0.29, 0.717) is 5.75 Å². The Morgan fingerprint density at radius 3 is 2.92 bits per heavy atom. The molecular formula is C16H19N3O4S. The Morgan fingerprint density at radius 1 is 1.38 bits per heavy atom. The summed E-state index contributed by atoms with van der Waals surface area (Å²) in [6.07, 6.45) is 6.56. The van der Waals surface area contributed by atoms with Crippen molar-refractivity contribution in [3.63, 3.8) is 0 Å². The number of nitrogens with one attached hydrogen (secondary N) is 1. The fraction of sp³-hybridized carbons (Fsp3) is 0.500. The number of imide groups is 1. The van der Waals surface area contributed by atoms with Crippen molar-refractivity contribution in [3.8, 4) is 5.75 Å². The van der Waals surface area contributed by atoms with Crippen LogP contribution in [0.15, 0.2) is 24.5 Å². The van der Waals surface area contributed by atoms with E-state index in [0.717, 1.165) is 37.4 Å². The molecule has 2 atom stereocenters. The zero-order valence-electron chi connectivity index (χ0n) is 13.1. The van der Waals surface area contributed by atoms with Gasteiger partial charge in [0.2, 0.25) is 5.91 Å². The van der Waals surface area contributed by atoms with Gasteiger partial charge in [-0.15, -0.1) is 0 Å². The Kier molecular flexibility index (Phi) is 5.34.